The van der Waals surface area contributed by atoms with Crippen LogP contribution in [0.25, 0.3) is 11.1 Å². The molecule has 1 amide bonds. The zero-order valence-corrected chi connectivity index (χ0v) is 22.5. The number of carbonyl (C=O) groups excluding carboxylic acids is 1. The van der Waals surface area contributed by atoms with Gasteiger partial charge in [-0.2, -0.15) is 26.3 Å². The van der Waals surface area contributed by atoms with Crippen molar-refractivity contribution in [3.05, 3.63) is 82.0 Å². The van der Waals surface area contributed by atoms with Crippen LogP contribution in [0, 0.1) is 6.92 Å². The van der Waals surface area contributed by atoms with Crippen molar-refractivity contribution in [2.24, 2.45) is 0 Å². The van der Waals surface area contributed by atoms with Crippen molar-refractivity contribution < 1.29 is 36.2 Å². The number of alkyl halides is 6. The molecule has 0 radical (unpaired) electrons. The van der Waals surface area contributed by atoms with E-state index in [2.05, 4.69) is 15.2 Å². The molecule has 0 aliphatic carbocycles. The van der Waals surface area contributed by atoms with E-state index in [4.69, 9.17) is 0 Å². The Balaban J connectivity index is 1.91. The number of aromatic nitrogens is 1. The second-order valence-corrected chi connectivity index (χ2v) is 9.89. The average molecular weight is 581 g/mol. The Morgan fingerprint density at radius 3 is 2.07 bits per heavy atom. The summed E-state index contributed by atoms with van der Waals surface area (Å²) in [5, 5.41) is 11.8. The van der Waals surface area contributed by atoms with Crippen molar-refractivity contribution in [1.29, 1.82) is 0 Å². The number of anilines is 1. The Morgan fingerprint density at radius 1 is 0.927 bits per heavy atom. The molecule has 2 N–H and O–H groups in total. The number of amides is 1. The Morgan fingerprint density at radius 2 is 1.54 bits per heavy atom. The number of pyridine rings is 1. The first-order valence-electron chi connectivity index (χ1n) is 13.0. The van der Waals surface area contributed by atoms with Crippen molar-refractivity contribution in [1.82, 2.24) is 15.2 Å². The van der Waals surface area contributed by atoms with E-state index >= 15 is 0 Å². The molecule has 1 aromatic heterocycles. The fourth-order valence-electron chi connectivity index (χ4n) is 5.00. The lowest BCUT2D eigenvalue weighted by atomic mass is 9.92. The van der Waals surface area contributed by atoms with Crippen LogP contribution in [0.4, 0.5) is 32.2 Å². The summed E-state index contributed by atoms with van der Waals surface area (Å²) in [7, 11) is 1.40. The van der Waals surface area contributed by atoms with Crippen LogP contribution in [0.1, 0.15) is 38.3 Å². The molecule has 2 aromatic carbocycles. The minimum atomic E-state index is -5.00. The minimum Gasteiger partial charge on any atom is -0.395 e. The van der Waals surface area contributed by atoms with Crippen LogP contribution >= 0.6 is 0 Å². The van der Waals surface area contributed by atoms with Gasteiger partial charge in [0.1, 0.15) is 5.82 Å². The number of carbonyl (C=O) groups is 1. The average Bonchev–Trinajstić information content (AvgIpc) is 2.92. The highest BCUT2D eigenvalue weighted by Crippen LogP contribution is 2.38. The molecule has 12 heteroatoms. The van der Waals surface area contributed by atoms with E-state index < -0.39 is 35.8 Å². The van der Waals surface area contributed by atoms with Gasteiger partial charge < -0.3 is 15.3 Å². The van der Waals surface area contributed by atoms with Gasteiger partial charge in [0.25, 0.3) is 5.91 Å². The fraction of sp³-hybridized carbons (Fsp3) is 0.379. The van der Waals surface area contributed by atoms with Crippen LogP contribution in [0.2, 0.25) is 0 Å². The van der Waals surface area contributed by atoms with E-state index in [1.165, 1.54) is 7.05 Å². The van der Waals surface area contributed by atoms with Gasteiger partial charge in [-0.1, -0.05) is 24.3 Å². The Kier molecular flexibility index (Phi) is 8.93. The van der Waals surface area contributed by atoms with E-state index in [-0.39, 0.29) is 29.5 Å². The Hall–Kier alpha value is -3.64. The third-order valence-electron chi connectivity index (χ3n) is 7.10. The molecule has 0 saturated carbocycles. The molecular weight excluding hydrogens is 550 g/mol. The lowest BCUT2D eigenvalue weighted by Crippen LogP contribution is -2.47. The van der Waals surface area contributed by atoms with E-state index in [1.54, 1.807) is 18.2 Å². The summed E-state index contributed by atoms with van der Waals surface area (Å²) in [5.74, 6) is -0.106. The van der Waals surface area contributed by atoms with Crippen LogP contribution in [-0.4, -0.2) is 67.3 Å². The predicted molar refractivity (Wildman–Crippen MR) is 143 cm³/mol. The maximum atomic E-state index is 13.6. The van der Waals surface area contributed by atoms with Crippen LogP contribution in [0.15, 0.2) is 48.5 Å². The standard InChI is InChI=1S/C29H30F6N4O2/c1-18-5-3-4-6-22(18)23-17-25(39-9-7-38(8-10-39)11-12-40)37-24(26(23)27(41)36-2)15-19-13-20(28(30,31)32)16-21(14-19)29(33,34)35/h3-6,13-14,16-17,40H,7-12,15H2,1-2H3,(H,36,41). The molecule has 220 valence electrons. The summed E-state index contributed by atoms with van der Waals surface area (Å²) in [5.41, 5.74) is -1.01. The number of aryl methyl sites for hydroxylation is 1. The lowest BCUT2D eigenvalue weighted by molar-refractivity contribution is -0.143. The third kappa shape index (κ3) is 6.99. The van der Waals surface area contributed by atoms with Crippen molar-refractivity contribution in [3.8, 4) is 11.1 Å². The SMILES string of the molecule is CNC(=O)c1c(-c2ccccc2C)cc(N2CCN(CCO)CC2)nc1Cc1cc(C(F)(F)F)cc(C(F)(F)F)c1. The number of β-amino-alcohol motifs (C(OH)–C–C–N with tert-alkyl or cyclic N) is 1. The summed E-state index contributed by atoms with van der Waals surface area (Å²) >= 11 is 0. The monoisotopic (exact) mass is 580 g/mol. The topological polar surface area (TPSA) is 68.7 Å². The molecule has 0 unspecified atom stereocenters. The number of piperazine rings is 1. The predicted octanol–water partition coefficient (Wildman–Crippen LogP) is 5.16. The van der Waals surface area contributed by atoms with Crippen molar-refractivity contribution in [3.63, 3.8) is 0 Å². The van der Waals surface area contributed by atoms with Gasteiger partial charge in [-0.05, 0) is 47.9 Å². The highest BCUT2D eigenvalue weighted by Gasteiger charge is 2.37. The van der Waals surface area contributed by atoms with E-state index in [9.17, 15) is 36.2 Å². The highest BCUT2D eigenvalue weighted by atomic mass is 19.4. The van der Waals surface area contributed by atoms with Crippen molar-refractivity contribution in [2.45, 2.75) is 25.7 Å². The number of benzene rings is 2. The molecular formula is C29H30F6N4O2. The molecule has 41 heavy (non-hydrogen) atoms. The van der Waals surface area contributed by atoms with Gasteiger partial charge in [0.15, 0.2) is 0 Å². The molecule has 4 rings (SSSR count). The number of halogens is 6. The van der Waals surface area contributed by atoms with Gasteiger partial charge >= 0.3 is 12.4 Å². The van der Waals surface area contributed by atoms with Crippen molar-refractivity contribution >= 4 is 11.7 Å². The summed E-state index contributed by atoms with van der Waals surface area (Å²) in [6.07, 6.45) is -10.4. The molecule has 6 nitrogen and oxygen atoms in total. The van der Waals surface area contributed by atoms with Gasteiger partial charge in [-0.3, -0.25) is 9.69 Å². The smallest absolute Gasteiger partial charge is 0.395 e. The number of nitrogens with zero attached hydrogens (tertiary/aromatic N) is 3. The van der Waals surface area contributed by atoms with Gasteiger partial charge in [0.05, 0.1) is 29.0 Å². The van der Waals surface area contributed by atoms with Crippen LogP contribution in [0.5, 0.6) is 0 Å². The number of aliphatic hydroxyl groups excluding tert-OH is 1. The summed E-state index contributed by atoms with van der Waals surface area (Å²) < 4.78 is 81.5. The molecule has 3 aromatic rings. The molecule has 1 aliphatic rings. The summed E-state index contributed by atoms with van der Waals surface area (Å²) in [4.78, 5) is 21.9. The number of hydrogen-bond donors (Lipinski definition) is 2. The van der Waals surface area contributed by atoms with Crippen LogP contribution in [-0.2, 0) is 18.8 Å². The molecule has 2 heterocycles. The Labute approximate surface area is 233 Å². The fourth-order valence-corrected chi connectivity index (χ4v) is 5.00. The van der Waals surface area contributed by atoms with Gasteiger partial charge in [0, 0.05) is 51.8 Å². The first kappa shape index (κ1) is 30.3. The number of hydrogen-bond acceptors (Lipinski definition) is 5. The van der Waals surface area contributed by atoms with Gasteiger partial charge in [-0.25, -0.2) is 4.98 Å². The molecule has 0 spiro atoms. The second-order valence-electron chi connectivity index (χ2n) is 9.89. The van der Waals surface area contributed by atoms with Crippen LogP contribution in [0.3, 0.4) is 0 Å². The normalized spacial score (nSPS) is 14.8. The number of rotatable bonds is 7. The first-order chi connectivity index (χ1) is 19.3. The Bertz CT molecular complexity index is 1370. The van der Waals surface area contributed by atoms with E-state index in [1.807, 2.05) is 24.0 Å². The molecule has 1 saturated heterocycles. The summed E-state index contributed by atoms with van der Waals surface area (Å²) in [6, 6.07) is 10.4. The highest BCUT2D eigenvalue weighted by molar-refractivity contribution is 6.02. The van der Waals surface area contributed by atoms with Crippen LogP contribution < -0.4 is 10.2 Å². The lowest BCUT2D eigenvalue weighted by Gasteiger charge is -2.35. The zero-order chi connectivity index (χ0) is 29.9. The van der Waals surface area contributed by atoms with E-state index in [0.29, 0.717) is 61.8 Å². The van der Waals surface area contributed by atoms with Crippen molar-refractivity contribution in [2.75, 3.05) is 51.3 Å². The molecule has 0 bridgehead atoms. The van der Waals surface area contributed by atoms with Gasteiger partial charge in [0.2, 0.25) is 0 Å². The largest absolute Gasteiger partial charge is 0.416 e. The second kappa shape index (κ2) is 12.1. The summed E-state index contributed by atoms with van der Waals surface area (Å²) in [6.45, 7) is 4.67. The maximum Gasteiger partial charge on any atom is 0.416 e. The van der Waals surface area contributed by atoms with Gasteiger partial charge in [-0.15, -0.1) is 0 Å². The minimum absolute atomic E-state index is 0.0115. The molecule has 1 fully saturated rings. The first-order valence-corrected chi connectivity index (χ1v) is 13.0. The maximum absolute atomic E-state index is 13.6. The quantitative estimate of drug-likeness (QED) is 0.378. The zero-order valence-electron chi connectivity index (χ0n) is 22.5. The number of aliphatic hydroxyl groups is 1. The third-order valence-corrected chi connectivity index (χ3v) is 7.10. The molecule has 1 aliphatic heterocycles. The number of nitrogens with one attached hydrogen (secondary N) is 1. The molecule has 0 atom stereocenters. The van der Waals surface area contributed by atoms with E-state index in [0.717, 1.165) is 5.56 Å².